The third-order valence-electron chi connectivity index (χ3n) is 1.83. The van der Waals surface area contributed by atoms with E-state index in [1.807, 2.05) is 17.5 Å². The molecule has 1 amide bonds. The molecule has 68 valence electrons. The van der Waals surface area contributed by atoms with E-state index in [9.17, 15) is 4.79 Å². The van der Waals surface area contributed by atoms with Gasteiger partial charge in [0.15, 0.2) is 5.11 Å². The van der Waals surface area contributed by atoms with Crippen molar-refractivity contribution in [1.29, 1.82) is 0 Å². The molecule has 1 fully saturated rings. The van der Waals surface area contributed by atoms with E-state index in [4.69, 9.17) is 12.2 Å². The largest absolute Gasteiger partial charge is 0.353 e. The minimum Gasteiger partial charge on any atom is -0.353 e. The topological polar surface area (TPSA) is 32.3 Å². The van der Waals surface area contributed by atoms with Gasteiger partial charge in [-0.05, 0) is 23.7 Å². The van der Waals surface area contributed by atoms with Crippen molar-refractivity contribution < 1.29 is 4.79 Å². The maximum Gasteiger partial charge on any atom is 0.248 e. The van der Waals surface area contributed by atoms with Crippen LogP contribution < -0.4 is 5.32 Å². The van der Waals surface area contributed by atoms with Gasteiger partial charge in [-0.2, -0.15) is 0 Å². The summed E-state index contributed by atoms with van der Waals surface area (Å²) in [7, 11) is 0. The average Bonchev–Trinajstić information content (AvgIpc) is 2.70. The van der Waals surface area contributed by atoms with E-state index in [2.05, 4.69) is 5.32 Å². The van der Waals surface area contributed by atoms with Crippen LogP contribution >= 0.6 is 23.6 Å². The molecule has 2 heterocycles. The van der Waals surface area contributed by atoms with Crippen LogP contribution in [0.5, 0.6) is 0 Å². The van der Waals surface area contributed by atoms with Gasteiger partial charge in [-0.1, -0.05) is 6.07 Å². The van der Waals surface area contributed by atoms with Crippen LogP contribution in [-0.2, 0) is 11.3 Å². The summed E-state index contributed by atoms with van der Waals surface area (Å²) >= 11 is 6.62. The second kappa shape index (κ2) is 3.43. The second-order valence-corrected chi connectivity index (χ2v) is 4.14. The second-order valence-electron chi connectivity index (χ2n) is 2.72. The van der Waals surface area contributed by atoms with E-state index in [0.717, 1.165) is 4.88 Å². The SMILES string of the molecule is O=C1CNC(=S)N1Cc1cccs1. The minimum absolute atomic E-state index is 0.0541. The fourth-order valence-corrected chi connectivity index (χ4v) is 2.10. The Hall–Kier alpha value is -0.940. The Bertz CT molecular complexity index is 318. The molecular weight excluding hydrogens is 204 g/mol. The molecule has 2 rings (SSSR count). The number of rotatable bonds is 2. The van der Waals surface area contributed by atoms with Gasteiger partial charge < -0.3 is 5.32 Å². The zero-order valence-electron chi connectivity index (χ0n) is 6.82. The molecule has 1 aliphatic rings. The Morgan fingerprint density at radius 2 is 2.54 bits per heavy atom. The molecule has 1 aliphatic heterocycles. The van der Waals surface area contributed by atoms with Crippen LogP contribution in [0, 0.1) is 0 Å². The Labute approximate surface area is 85.4 Å². The van der Waals surface area contributed by atoms with Crippen molar-refractivity contribution in [3.63, 3.8) is 0 Å². The summed E-state index contributed by atoms with van der Waals surface area (Å²) in [5.74, 6) is 0.0541. The van der Waals surface area contributed by atoms with Crippen molar-refractivity contribution in [2.45, 2.75) is 6.54 Å². The molecule has 1 N–H and O–H groups in total. The first-order chi connectivity index (χ1) is 6.27. The highest BCUT2D eigenvalue weighted by atomic mass is 32.1. The molecule has 1 aromatic rings. The van der Waals surface area contributed by atoms with Crippen molar-refractivity contribution in [3.8, 4) is 0 Å². The number of nitrogens with one attached hydrogen (secondary N) is 1. The number of thiophene rings is 1. The lowest BCUT2D eigenvalue weighted by Gasteiger charge is -2.12. The molecule has 0 spiro atoms. The normalized spacial score (nSPS) is 16.5. The lowest BCUT2D eigenvalue weighted by Crippen LogP contribution is -2.29. The molecule has 0 unspecified atom stereocenters. The van der Waals surface area contributed by atoms with Gasteiger partial charge in [-0.15, -0.1) is 11.3 Å². The van der Waals surface area contributed by atoms with Crippen LogP contribution in [0.25, 0.3) is 0 Å². The quantitative estimate of drug-likeness (QED) is 0.741. The molecule has 0 aromatic carbocycles. The molecular formula is C8H8N2OS2. The molecule has 1 saturated heterocycles. The van der Waals surface area contributed by atoms with Crippen LogP contribution in [-0.4, -0.2) is 22.5 Å². The van der Waals surface area contributed by atoms with Crippen LogP contribution in [0.2, 0.25) is 0 Å². The first kappa shape index (κ1) is 8.65. The molecule has 1 aromatic heterocycles. The third kappa shape index (κ3) is 1.71. The molecule has 0 saturated carbocycles. The van der Waals surface area contributed by atoms with Gasteiger partial charge in [0.25, 0.3) is 0 Å². The molecule has 0 radical (unpaired) electrons. The van der Waals surface area contributed by atoms with E-state index in [0.29, 0.717) is 18.2 Å². The number of carbonyl (C=O) groups is 1. The summed E-state index contributed by atoms with van der Waals surface area (Å²) in [6.45, 7) is 0.937. The summed E-state index contributed by atoms with van der Waals surface area (Å²) in [5.41, 5.74) is 0. The summed E-state index contributed by atoms with van der Waals surface area (Å²) in [6, 6.07) is 3.97. The lowest BCUT2D eigenvalue weighted by atomic mass is 10.4. The number of thiocarbonyl (C=S) groups is 1. The fourth-order valence-electron chi connectivity index (χ4n) is 1.17. The van der Waals surface area contributed by atoms with Gasteiger partial charge in [0.05, 0.1) is 13.1 Å². The predicted molar refractivity (Wildman–Crippen MR) is 55.5 cm³/mol. The first-order valence-electron chi connectivity index (χ1n) is 3.88. The lowest BCUT2D eigenvalue weighted by molar-refractivity contribution is -0.124. The zero-order chi connectivity index (χ0) is 9.26. The van der Waals surface area contributed by atoms with Gasteiger partial charge in [0.2, 0.25) is 5.91 Å². The maximum atomic E-state index is 11.3. The maximum absolute atomic E-state index is 11.3. The summed E-state index contributed by atoms with van der Waals surface area (Å²) < 4.78 is 0. The molecule has 0 aliphatic carbocycles. The van der Waals surface area contributed by atoms with Gasteiger partial charge in [0, 0.05) is 4.88 Å². The number of hydrogen-bond donors (Lipinski definition) is 1. The van der Waals surface area contributed by atoms with E-state index < -0.39 is 0 Å². The van der Waals surface area contributed by atoms with Crippen molar-refractivity contribution >= 4 is 34.6 Å². The molecule has 0 atom stereocenters. The predicted octanol–water partition coefficient (Wildman–Crippen LogP) is 0.965. The minimum atomic E-state index is 0.0541. The van der Waals surface area contributed by atoms with Crippen LogP contribution in [0.1, 0.15) is 4.88 Å². The zero-order valence-corrected chi connectivity index (χ0v) is 8.45. The molecule has 3 nitrogen and oxygen atoms in total. The van der Waals surface area contributed by atoms with Crippen LogP contribution in [0.15, 0.2) is 17.5 Å². The summed E-state index contributed by atoms with van der Waals surface area (Å²) in [4.78, 5) is 14.0. The smallest absolute Gasteiger partial charge is 0.248 e. The highest BCUT2D eigenvalue weighted by Crippen LogP contribution is 2.13. The van der Waals surface area contributed by atoms with Gasteiger partial charge in [0.1, 0.15) is 0 Å². The van der Waals surface area contributed by atoms with Gasteiger partial charge in [-0.3, -0.25) is 9.69 Å². The highest BCUT2D eigenvalue weighted by Gasteiger charge is 2.25. The van der Waals surface area contributed by atoms with E-state index in [1.165, 1.54) is 0 Å². The number of hydrogen-bond acceptors (Lipinski definition) is 3. The Kier molecular flexibility index (Phi) is 2.28. The summed E-state index contributed by atoms with van der Waals surface area (Å²) in [6.07, 6.45) is 0. The van der Waals surface area contributed by atoms with E-state index in [-0.39, 0.29) is 5.91 Å². The van der Waals surface area contributed by atoms with Crippen molar-refractivity contribution in [3.05, 3.63) is 22.4 Å². The summed E-state index contributed by atoms with van der Waals surface area (Å²) in [5, 5.41) is 5.38. The monoisotopic (exact) mass is 212 g/mol. The Balaban J connectivity index is 2.09. The van der Waals surface area contributed by atoms with Crippen molar-refractivity contribution in [2.75, 3.05) is 6.54 Å². The first-order valence-corrected chi connectivity index (χ1v) is 5.17. The standard InChI is InChI=1S/C8H8N2OS2/c11-7-4-9-8(12)10(7)5-6-2-1-3-13-6/h1-3H,4-5H2,(H,9,12). The van der Waals surface area contributed by atoms with E-state index >= 15 is 0 Å². The third-order valence-corrected chi connectivity index (χ3v) is 3.06. The van der Waals surface area contributed by atoms with Gasteiger partial charge in [-0.25, -0.2) is 0 Å². The Morgan fingerprint density at radius 3 is 3.08 bits per heavy atom. The van der Waals surface area contributed by atoms with E-state index in [1.54, 1.807) is 16.2 Å². The van der Waals surface area contributed by atoms with Gasteiger partial charge >= 0.3 is 0 Å². The van der Waals surface area contributed by atoms with Crippen molar-refractivity contribution in [2.24, 2.45) is 0 Å². The average molecular weight is 212 g/mol. The fraction of sp³-hybridized carbons (Fsp3) is 0.250. The van der Waals surface area contributed by atoms with Crippen LogP contribution in [0.4, 0.5) is 0 Å². The van der Waals surface area contributed by atoms with Crippen molar-refractivity contribution in [1.82, 2.24) is 10.2 Å². The molecule has 5 heteroatoms. The number of nitrogens with zero attached hydrogens (tertiary/aromatic N) is 1. The van der Waals surface area contributed by atoms with Crippen LogP contribution in [0.3, 0.4) is 0 Å². The molecule has 13 heavy (non-hydrogen) atoms. The number of amides is 1. The Morgan fingerprint density at radius 1 is 1.69 bits per heavy atom. The number of carbonyl (C=O) groups excluding carboxylic acids is 1. The molecule has 0 bridgehead atoms. The highest BCUT2D eigenvalue weighted by molar-refractivity contribution is 7.80.